The molecule has 5 nitrogen and oxygen atoms in total. The fourth-order valence-corrected chi connectivity index (χ4v) is 1.74. The Morgan fingerprint density at radius 3 is 2.90 bits per heavy atom. The molecule has 104 valence electrons. The molecule has 0 amide bonds. The van der Waals surface area contributed by atoms with E-state index in [0.717, 1.165) is 0 Å². The van der Waals surface area contributed by atoms with E-state index < -0.39 is 5.82 Å². The SMILES string of the molecule is CCOc1ccc(Nc2ncnc(Cl)c2C=O)cc1F. The van der Waals surface area contributed by atoms with E-state index in [1.807, 2.05) is 0 Å². The van der Waals surface area contributed by atoms with Gasteiger partial charge in [0.1, 0.15) is 17.3 Å². The lowest BCUT2D eigenvalue weighted by Gasteiger charge is -2.10. The van der Waals surface area contributed by atoms with Gasteiger partial charge >= 0.3 is 0 Å². The van der Waals surface area contributed by atoms with Gasteiger partial charge < -0.3 is 10.1 Å². The lowest BCUT2D eigenvalue weighted by Crippen LogP contribution is -2.01. The van der Waals surface area contributed by atoms with Crippen molar-refractivity contribution in [1.29, 1.82) is 0 Å². The Balaban J connectivity index is 2.29. The monoisotopic (exact) mass is 295 g/mol. The van der Waals surface area contributed by atoms with E-state index >= 15 is 0 Å². The highest BCUT2D eigenvalue weighted by Crippen LogP contribution is 2.25. The van der Waals surface area contributed by atoms with Crippen molar-refractivity contribution in [2.45, 2.75) is 6.92 Å². The van der Waals surface area contributed by atoms with E-state index in [1.54, 1.807) is 13.0 Å². The summed E-state index contributed by atoms with van der Waals surface area (Å²) in [5, 5.41) is 2.84. The molecule has 0 saturated carbocycles. The third kappa shape index (κ3) is 3.03. The summed E-state index contributed by atoms with van der Waals surface area (Å²) in [6, 6.07) is 4.35. The fraction of sp³-hybridized carbons (Fsp3) is 0.154. The number of rotatable bonds is 5. The van der Waals surface area contributed by atoms with Gasteiger partial charge in [-0.3, -0.25) is 4.79 Å². The van der Waals surface area contributed by atoms with Gasteiger partial charge in [-0.05, 0) is 19.1 Å². The largest absolute Gasteiger partial charge is 0.491 e. The van der Waals surface area contributed by atoms with Crippen LogP contribution >= 0.6 is 11.6 Å². The number of anilines is 2. The summed E-state index contributed by atoms with van der Waals surface area (Å²) in [5.74, 6) is -0.136. The molecule has 0 spiro atoms. The Bertz CT molecular complexity index is 637. The maximum Gasteiger partial charge on any atom is 0.167 e. The minimum atomic E-state index is -0.510. The molecule has 1 heterocycles. The number of benzene rings is 1. The zero-order valence-corrected chi connectivity index (χ0v) is 11.3. The van der Waals surface area contributed by atoms with Crippen LogP contribution in [0.4, 0.5) is 15.9 Å². The van der Waals surface area contributed by atoms with Crippen LogP contribution in [0.5, 0.6) is 5.75 Å². The van der Waals surface area contributed by atoms with Crippen LogP contribution in [0.1, 0.15) is 17.3 Å². The van der Waals surface area contributed by atoms with Crippen molar-refractivity contribution in [2.24, 2.45) is 0 Å². The maximum absolute atomic E-state index is 13.7. The molecule has 20 heavy (non-hydrogen) atoms. The van der Waals surface area contributed by atoms with Crippen molar-refractivity contribution in [2.75, 3.05) is 11.9 Å². The van der Waals surface area contributed by atoms with Crippen molar-refractivity contribution in [3.63, 3.8) is 0 Å². The molecule has 0 atom stereocenters. The average molecular weight is 296 g/mol. The lowest BCUT2D eigenvalue weighted by molar-refractivity contribution is 0.112. The van der Waals surface area contributed by atoms with Crippen molar-refractivity contribution < 1.29 is 13.9 Å². The van der Waals surface area contributed by atoms with Crippen molar-refractivity contribution in [1.82, 2.24) is 9.97 Å². The van der Waals surface area contributed by atoms with Crippen LogP contribution in [0.25, 0.3) is 0 Å². The van der Waals surface area contributed by atoms with Crippen LogP contribution in [-0.2, 0) is 0 Å². The van der Waals surface area contributed by atoms with Gasteiger partial charge in [0.25, 0.3) is 0 Å². The first-order valence-corrected chi connectivity index (χ1v) is 6.18. The average Bonchev–Trinajstić information content (AvgIpc) is 2.42. The summed E-state index contributed by atoms with van der Waals surface area (Å²) in [7, 11) is 0. The molecule has 7 heteroatoms. The Morgan fingerprint density at radius 1 is 1.45 bits per heavy atom. The van der Waals surface area contributed by atoms with Gasteiger partial charge in [-0.2, -0.15) is 0 Å². The summed E-state index contributed by atoms with van der Waals surface area (Å²) < 4.78 is 18.8. The Morgan fingerprint density at radius 2 is 2.25 bits per heavy atom. The van der Waals surface area contributed by atoms with Crippen molar-refractivity contribution in [3.05, 3.63) is 41.1 Å². The Labute approximate surface area is 119 Å². The molecule has 2 aromatic rings. The number of halogens is 2. The number of aromatic nitrogens is 2. The second kappa shape index (κ2) is 6.29. The van der Waals surface area contributed by atoms with Crippen LogP contribution in [0.15, 0.2) is 24.5 Å². The van der Waals surface area contributed by atoms with Crippen LogP contribution in [0.3, 0.4) is 0 Å². The molecule has 0 unspecified atom stereocenters. The molecular formula is C13H11ClFN3O2. The number of carbonyl (C=O) groups excluding carboxylic acids is 1. The van der Waals surface area contributed by atoms with Crippen molar-refractivity contribution in [3.8, 4) is 5.75 Å². The second-order valence-electron chi connectivity index (χ2n) is 3.75. The maximum atomic E-state index is 13.7. The molecule has 0 aliphatic heterocycles. The normalized spacial score (nSPS) is 10.2. The molecule has 1 aromatic carbocycles. The summed E-state index contributed by atoms with van der Waals surface area (Å²) in [4.78, 5) is 18.5. The molecule has 0 bridgehead atoms. The second-order valence-corrected chi connectivity index (χ2v) is 4.11. The smallest absolute Gasteiger partial charge is 0.167 e. The number of aldehydes is 1. The molecule has 0 aliphatic carbocycles. The number of hydrogen-bond acceptors (Lipinski definition) is 5. The van der Waals surface area contributed by atoms with Gasteiger partial charge in [-0.15, -0.1) is 0 Å². The molecule has 1 N–H and O–H groups in total. The number of nitrogens with one attached hydrogen (secondary N) is 1. The highest BCUT2D eigenvalue weighted by molar-refractivity contribution is 6.32. The molecule has 0 aliphatic rings. The third-order valence-corrected chi connectivity index (χ3v) is 2.75. The standard InChI is InChI=1S/C13H11ClFN3O2/c1-2-20-11-4-3-8(5-10(11)15)18-13-9(6-19)12(14)16-7-17-13/h3-7H,2H2,1H3,(H,16,17,18). The molecular weight excluding hydrogens is 285 g/mol. The molecule has 0 radical (unpaired) electrons. The van der Waals surface area contributed by atoms with E-state index in [2.05, 4.69) is 15.3 Å². The van der Waals surface area contributed by atoms with Gasteiger partial charge in [-0.1, -0.05) is 11.6 Å². The van der Waals surface area contributed by atoms with Crippen LogP contribution in [0, 0.1) is 5.82 Å². The zero-order valence-electron chi connectivity index (χ0n) is 10.6. The van der Waals surface area contributed by atoms with E-state index in [0.29, 0.717) is 18.6 Å². The summed E-state index contributed by atoms with van der Waals surface area (Å²) in [5.41, 5.74) is 0.535. The quantitative estimate of drug-likeness (QED) is 0.678. The first-order valence-electron chi connectivity index (χ1n) is 5.80. The van der Waals surface area contributed by atoms with Gasteiger partial charge in [0, 0.05) is 11.8 Å². The molecule has 1 aromatic heterocycles. The molecule has 0 saturated heterocycles. The summed E-state index contributed by atoms with van der Waals surface area (Å²) in [6.45, 7) is 2.14. The predicted molar refractivity (Wildman–Crippen MR) is 73.3 cm³/mol. The Hall–Kier alpha value is -2.21. The van der Waals surface area contributed by atoms with Crippen LogP contribution < -0.4 is 10.1 Å². The van der Waals surface area contributed by atoms with Gasteiger partial charge in [0.15, 0.2) is 17.9 Å². The third-order valence-electron chi connectivity index (χ3n) is 2.45. The van der Waals surface area contributed by atoms with Crippen LogP contribution in [-0.4, -0.2) is 22.9 Å². The zero-order chi connectivity index (χ0) is 14.5. The fourth-order valence-electron chi connectivity index (χ4n) is 1.57. The van der Waals surface area contributed by atoms with E-state index in [-0.39, 0.29) is 22.3 Å². The first-order chi connectivity index (χ1) is 9.65. The molecule has 2 rings (SSSR count). The predicted octanol–water partition coefficient (Wildman–Crippen LogP) is 3.22. The minimum absolute atomic E-state index is 0.0314. The number of hydrogen-bond donors (Lipinski definition) is 1. The number of ether oxygens (including phenoxy) is 1. The van der Waals surface area contributed by atoms with E-state index in [9.17, 15) is 9.18 Å². The van der Waals surface area contributed by atoms with Gasteiger partial charge in [0.2, 0.25) is 0 Å². The first kappa shape index (κ1) is 14.2. The minimum Gasteiger partial charge on any atom is -0.491 e. The highest BCUT2D eigenvalue weighted by atomic mass is 35.5. The van der Waals surface area contributed by atoms with Crippen LogP contribution in [0.2, 0.25) is 5.15 Å². The number of nitrogens with zero attached hydrogens (tertiary/aromatic N) is 2. The number of carbonyl (C=O) groups is 1. The highest BCUT2D eigenvalue weighted by Gasteiger charge is 2.10. The summed E-state index contributed by atoms with van der Waals surface area (Å²) >= 11 is 5.78. The lowest BCUT2D eigenvalue weighted by atomic mass is 10.2. The van der Waals surface area contributed by atoms with Crippen molar-refractivity contribution >= 4 is 29.4 Å². The van der Waals surface area contributed by atoms with Gasteiger partial charge in [-0.25, -0.2) is 14.4 Å². The van der Waals surface area contributed by atoms with Gasteiger partial charge in [0.05, 0.1) is 12.2 Å². The van der Waals surface area contributed by atoms with E-state index in [4.69, 9.17) is 16.3 Å². The van der Waals surface area contributed by atoms with E-state index in [1.165, 1.54) is 18.5 Å². The molecule has 0 fully saturated rings. The Kier molecular flexibility index (Phi) is 4.47. The summed E-state index contributed by atoms with van der Waals surface area (Å²) in [6.07, 6.45) is 1.75. The topological polar surface area (TPSA) is 64.1 Å².